The number of amides is 2. The van der Waals surface area contributed by atoms with Crippen LogP contribution >= 0.6 is 0 Å². The molecule has 3 fully saturated rings. The summed E-state index contributed by atoms with van der Waals surface area (Å²) in [5.41, 5.74) is 1.85. The fourth-order valence-corrected chi connectivity index (χ4v) is 4.11. The van der Waals surface area contributed by atoms with E-state index in [1.165, 1.54) is 12.8 Å². The first-order valence-corrected chi connectivity index (χ1v) is 10.6. The van der Waals surface area contributed by atoms with Gasteiger partial charge in [0, 0.05) is 30.1 Å². The predicted molar refractivity (Wildman–Crippen MR) is 106 cm³/mol. The first-order chi connectivity index (χ1) is 14.0. The van der Waals surface area contributed by atoms with E-state index < -0.39 is 6.04 Å². The molecule has 7 nitrogen and oxygen atoms in total. The molecule has 152 valence electrons. The van der Waals surface area contributed by atoms with E-state index in [4.69, 9.17) is 4.52 Å². The topological polar surface area (TPSA) is 88.3 Å². The summed E-state index contributed by atoms with van der Waals surface area (Å²) in [5, 5.41) is 6.86. The molecule has 1 aromatic heterocycles. The number of hydrogen-bond acceptors (Lipinski definition) is 5. The summed E-state index contributed by atoms with van der Waals surface area (Å²) in [6.07, 6.45) is 7.02. The van der Waals surface area contributed by atoms with Gasteiger partial charge in [-0.25, -0.2) is 0 Å². The average molecular weight is 394 g/mol. The van der Waals surface area contributed by atoms with Crippen molar-refractivity contribution in [1.82, 2.24) is 20.4 Å². The lowest BCUT2D eigenvalue weighted by molar-refractivity contribution is -0.134. The van der Waals surface area contributed by atoms with Gasteiger partial charge < -0.3 is 14.7 Å². The number of carbonyl (C=O) groups is 2. The van der Waals surface area contributed by atoms with Gasteiger partial charge in [-0.1, -0.05) is 17.3 Å². The standard InChI is InChI=1S/C22H26N4O3/c1-14(21(28)26-12-10-22(8-9-22)11-13-26)23-19(27)16-4-2-15(3-5-16)18-24-20(29-25-18)17-6-7-17/h2-5,14,17H,6-13H2,1H3,(H,23,27)/t14-/m1/s1. The fourth-order valence-electron chi connectivity index (χ4n) is 4.11. The Bertz CT molecular complexity index is 918. The van der Waals surface area contributed by atoms with Crippen LogP contribution in [0.2, 0.25) is 0 Å². The third-order valence-electron chi connectivity index (χ3n) is 6.58. The molecule has 0 bridgehead atoms. The van der Waals surface area contributed by atoms with Crippen molar-refractivity contribution in [3.05, 3.63) is 35.7 Å². The van der Waals surface area contributed by atoms with Gasteiger partial charge in [-0.15, -0.1) is 0 Å². The Kier molecular flexibility index (Phi) is 4.41. The highest BCUT2D eigenvalue weighted by atomic mass is 16.5. The van der Waals surface area contributed by atoms with Crippen molar-refractivity contribution >= 4 is 11.8 Å². The van der Waals surface area contributed by atoms with Gasteiger partial charge in [0.2, 0.25) is 17.6 Å². The molecule has 1 atom stereocenters. The molecule has 3 aliphatic rings. The zero-order valence-electron chi connectivity index (χ0n) is 16.7. The highest BCUT2D eigenvalue weighted by molar-refractivity contribution is 5.97. The first kappa shape index (κ1) is 18.3. The van der Waals surface area contributed by atoms with Gasteiger partial charge in [-0.2, -0.15) is 4.98 Å². The van der Waals surface area contributed by atoms with Crippen LogP contribution in [0.5, 0.6) is 0 Å². The minimum Gasteiger partial charge on any atom is -0.341 e. The quantitative estimate of drug-likeness (QED) is 0.842. The molecule has 1 spiro atoms. The fraction of sp³-hybridized carbons (Fsp3) is 0.545. The number of piperidine rings is 1. The van der Waals surface area contributed by atoms with Crippen LogP contribution in [-0.4, -0.2) is 46.0 Å². The highest BCUT2D eigenvalue weighted by Crippen LogP contribution is 2.53. The van der Waals surface area contributed by atoms with Crippen molar-refractivity contribution in [3.63, 3.8) is 0 Å². The Morgan fingerprint density at radius 1 is 1.14 bits per heavy atom. The second kappa shape index (κ2) is 6.97. The Hall–Kier alpha value is -2.70. The maximum absolute atomic E-state index is 12.7. The molecule has 1 aromatic carbocycles. The smallest absolute Gasteiger partial charge is 0.251 e. The minimum atomic E-state index is -0.534. The summed E-state index contributed by atoms with van der Waals surface area (Å²) in [4.78, 5) is 31.6. The van der Waals surface area contributed by atoms with Crippen molar-refractivity contribution in [2.24, 2.45) is 5.41 Å². The average Bonchev–Trinajstić information content (AvgIpc) is 3.68. The van der Waals surface area contributed by atoms with E-state index in [-0.39, 0.29) is 11.8 Å². The molecule has 7 heteroatoms. The predicted octanol–water partition coefficient (Wildman–Crippen LogP) is 3.13. The third kappa shape index (κ3) is 3.78. The summed E-state index contributed by atoms with van der Waals surface area (Å²) in [6.45, 7) is 3.37. The number of nitrogens with zero attached hydrogens (tertiary/aromatic N) is 3. The van der Waals surface area contributed by atoms with Gasteiger partial charge in [0.05, 0.1) is 0 Å². The van der Waals surface area contributed by atoms with Crippen molar-refractivity contribution < 1.29 is 14.1 Å². The lowest BCUT2D eigenvalue weighted by atomic mass is 9.93. The molecular formula is C22H26N4O3. The van der Waals surface area contributed by atoms with Crippen LogP contribution in [0.1, 0.15) is 67.6 Å². The zero-order valence-corrected chi connectivity index (χ0v) is 16.7. The normalized spacial score (nSPS) is 21.1. The molecule has 0 unspecified atom stereocenters. The van der Waals surface area contributed by atoms with Gasteiger partial charge >= 0.3 is 0 Å². The Morgan fingerprint density at radius 3 is 2.45 bits per heavy atom. The van der Waals surface area contributed by atoms with E-state index >= 15 is 0 Å². The number of aromatic nitrogens is 2. The molecule has 2 amide bonds. The van der Waals surface area contributed by atoms with Crippen LogP contribution < -0.4 is 5.32 Å². The summed E-state index contributed by atoms with van der Waals surface area (Å²) in [5.74, 6) is 1.40. The Balaban J connectivity index is 1.18. The van der Waals surface area contributed by atoms with Crippen molar-refractivity contribution in [2.45, 2.75) is 57.4 Å². The molecule has 0 radical (unpaired) electrons. The number of benzene rings is 1. The van der Waals surface area contributed by atoms with Crippen LogP contribution in [0.3, 0.4) is 0 Å². The Labute approximate surface area is 169 Å². The van der Waals surface area contributed by atoms with Crippen LogP contribution in [0.15, 0.2) is 28.8 Å². The number of rotatable bonds is 5. The van der Waals surface area contributed by atoms with Gasteiger partial charge in [-0.3, -0.25) is 9.59 Å². The Morgan fingerprint density at radius 2 is 1.83 bits per heavy atom. The van der Waals surface area contributed by atoms with Gasteiger partial charge in [0.25, 0.3) is 5.91 Å². The summed E-state index contributed by atoms with van der Waals surface area (Å²) >= 11 is 0. The SMILES string of the molecule is C[C@@H](NC(=O)c1ccc(-c2noc(C3CC3)n2)cc1)C(=O)N1CCC2(CC1)CC2. The van der Waals surface area contributed by atoms with Gasteiger partial charge in [0.1, 0.15) is 6.04 Å². The number of carbonyl (C=O) groups excluding carboxylic acids is 2. The summed E-state index contributed by atoms with van der Waals surface area (Å²) in [7, 11) is 0. The van der Waals surface area contributed by atoms with E-state index in [9.17, 15) is 9.59 Å². The number of likely N-dealkylation sites (tertiary alicyclic amines) is 1. The molecular weight excluding hydrogens is 368 g/mol. The molecule has 2 saturated carbocycles. The second-order valence-corrected chi connectivity index (χ2v) is 8.83. The molecule has 1 N–H and O–H groups in total. The van der Waals surface area contributed by atoms with Crippen molar-refractivity contribution in [1.29, 1.82) is 0 Å². The van der Waals surface area contributed by atoms with Gasteiger partial charge in [0.15, 0.2) is 0 Å². The largest absolute Gasteiger partial charge is 0.341 e. The summed E-state index contributed by atoms with van der Waals surface area (Å²) < 4.78 is 5.29. The van der Waals surface area contributed by atoms with E-state index in [2.05, 4.69) is 15.5 Å². The van der Waals surface area contributed by atoms with E-state index in [0.29, 0.717) is 28.6 Å². The molecule has 1 aliphatic heterocycles. The molecule has 2 aliphatic carbocycles. The molecule has 29 heavy (non-hydrogen) atoms. The first-order valence-electron chi connectivity index (χ1n) is 10.6. The minimum absolute atomic E-state index is 0.00451. The number of nitrogens with one attached hydrogen (secondary N) is 1. The molecule has 2 heterocycles. The highest BCUT2D eigenvalue weighted by Gasteiger charge is 2.45. The molecule has 2 aromatic rings. The van der Waals surface area contributed by atoms with E-state index in [1.807, 2.05) is 17.0 Å². The zero-order chi connectivity index (χ0) is 20.0. The lowest BCUT2D eigenvalue weighted by Gasteiger charge is -2.33. The third-order valence-corrected chi connectivity index (χ3v) is 6.58. The lowest BCUT2D eigenvalue weighted by Crippen LogP contribution is -2.49. The van der Waals surface area contributed by atoms with Gasteiger partial charge in [-0.05, 0) is 63.0 Å². The maximum Gasteiger partial charge on any atom is 0.251 e. The van der Waals surface area contributed by atoms with Crippen molar-refractivity contribution in [3.8, 4) is 11.4 Å². The van der Waals surface area contributed by atoms with E-state index in [1.54, 1.807) is 19.1 Å². The second-order valence-electron chi connectivity index (χ2n) is 8.83. The van der Waals surface area contributed by atoms with Crippen LogP contribution in [0.25, 0.3) is 11.4 Å². The summed E-state index contributed by atoms with van der Waals surface area (Å²) in [6, 6.07) is 6.54. The van der Waals surface area contributed by atoms with E-state index in [0.717, 1.165) is 44.3 Å². The van der Waals surface area contributed by atoms with Crippen molar-refractivity contribution in [2.75, 3.05) is 13.1 Å². The van der Waals surface area contributed by atoms with Crippen LogP contribution in [-0.2, 0) is 4.79 Å². The monoisotopic (exact) mass is 394 g/mol. The van der Waals surface area contributed by atoms with Crippen LogP contribution in [0.4, 0.5) is 0 Å². The molecule has 5 rings (SSSR count). The number of hydrogen-bond donors (Lipinski definition) is 1. The maximum atomic E-state index is 12.7. The molecule has 1 saturated heterocycles. The van der Waals surface area contributed by atoms with Crippen LogP contribution in [0, 0.1) is 5.41 Å².